The second-order valence-electron chi connectivity index (χ2n) is 4.16. The number of hydrogen-bond acceptors (Lipinski definition) is 4. The molecule has 0 aliphatic rings. The number of nitrogens with one attached hydrogen (secondary N) is 1. The minimum Gasteiger partial charge on any atom is -0.375 e. The van der Waals surface area contributed by atoms with Crippen molar-refractivity contribution in [1.82, 2.24) is 4.98 Å². The van der Waals surface area contributed by atoms with Crippen LogP contribution in [0.3, 0.4) is 0 Å². The molecule has 0 spiro atoms. The monoisotopic (exact) mass is 229 g/mol. The molecule has 1 heterocycles. The van der Waals surface area contributed by atoms with E-state index in [2.05, 4.69) is 10.3 Å². The summed E-state index contributed by atoms with van der Waals surface area (Å²) >= 11 is 5.68. The van der Waals surface area contributed by atoms with Crippen LogP contribution >= 0.6 is 11.6 Å². The second-order valence-corrected chi connectivity index (χ2v) is 4.54. The van der Waals surface area contributed by atoms with Gasteiger partial charge in [-0.05, 0) is 20.8 Å². The lowest BCUT2D eigenvalue weighted by Gasteiger charge is -2.21. The summed E-state index contributed by atoms with van der Waals surface area (Å²) in [4.78, 5) is 13.9. The molecule has 1 aromatic rings. The summed E-state index contributed by atoms with van der Waals surface area (Å²) in [5, 5.41) is 13.9. The molecule has 0 atom stereocenters. The molecule has 0 fully saturated rings. The Bertz CT molecular complexity index is 387. The van der Waals surface area contributed by atoms with Crippen LogP contribution in [0.4, 0.5) is 11.4 Å². The highest BCUT2D eigenvalue weighted by molar-refractivity contribution is 6.29. The van der Waals surface area contributed by atoms with Crippen molar-refractivity contribution in [2.75, 3.05) is 5.32 Å². The number of anilines is 1. The molecule has 0 amide bonds. The molecule has 82 valence electrons. The topological polar surface area (TPSA) is 68.1 Å². The molecule has 6 heteroatoms. The maximum Gasteiger partial charge on any atom is 0.310 e. The van der Waals surface area contributed by atoms with Crippen molar-refractivity contribution < 1.29 is 4.92 Å². The lowest BCUT2D eigenvalue weighted by molar-refractivity contribution is -0.384. The Morgan fingerprint density at radius 1 is 1.53 bits per heavy atom. The molecule has 0 aliphatic carbocycles. The minimum atomic E-state index is -0.489. The van der Waals surface area contributed by atoms with E-state index in [1.165, 1.54) is 6.07 Å². The summed E-state index contributed by atoms with van der Waals surface area (Å²) in [5.41, 5.74) is 0.0388. The van der Waals surface area contributed by atoms with Crippen molar-refractivity contribution in [1.29, 1.82) is 0 Å². The standard InChI is InChI=1S/C9H12ClN3O2/c1-9(2,3)12-6-4-8(10)11-5-7(6)13(14)15/h4-5H,1-3H3,(H,11,12). The number of halogens is 1. The number of rotatable bonds is 2. The lowest BCUT2D eigenvalue weighted by Crippen LogP contribution is -2.26. The van der Waals surface area contributed by atoms with Gasteiger partial charge in [0.15, 0.2) is 0 Å². The molecule has 0 aliphatic heterocycles. The van der Waals surface area contributed by atoms with E-state index in [-0.39, 0.29) is 16.4 Å². The molecule has 15 heavy (non-hydrogen) atoms. The Morgan fingerprint density at radius 3 is 2.60 bits per heavy atom. The first kappa shape index (κ1) is 11.7. The molecule has 0 unspecified atom stereocenters. The van der Waals surface area contributed by atoms with Crippen LogP contribution in [-0.4, -0.2) is 15.4 Å². The number of nitrogens with zero attached hydrogens (tertiary/aromatic N) is 2. The minimum absolute atomic E-state index is 0.0747. The smallest absolute Gasteiger partial charge is 0.310 e. The highest BCUT2D eigenvalue weighted by atomic mass is 35.5. The van der Waals surface area contributed by atoms with Gasteiger partial charge in [0.25, 0.3) is 0 Å². The van der Waals surface area contributed by atoms with E-state index in [9.17, 15) is 10.1 Å². The Labute approximate surface area is 92.6 Å². The first-order chi connectivity index (χ1) is 6.79. The molecule has 5 nitrogen and oxygen atoms in total. The van der Waals surface area contributed by atoms with E-state index in [4.69, 9.17) is 11.6 Å². The van der Waals surface area contributed by atoms with Gasteiger partial charge in [0, 0.05) is 11.6 Å². The SMILES string of the molecule is CC(C)(C)Nc1cc(Cl)ncc1[N+](=O)[O-]. The Morgan fingerprint density at radius 2 is 2.13 bits per heavy atom. The van der Waals surface area contributed by atoms with E-state index >= 15 is 0 Å². The summed E-state index contributed by atoms with van der Waals surface area (Å²) in [6.45, 7) is 5.72. The fourth-order valence-electron chi connectivity index (χ4n) is 1.07. The first-order valence-electron chi connectivity index (χ1n) is 4.38. The highest BCUT2D eigenvalue weighted by Gasteiger charge is 2.19. The predicted octanol–water partition coefficient (Wildman–Crippen LogP) is 2.85. The Kier molecular flexibility index (Phi) is 3.14. The van der Waals surface area contributed by atoms with Crippen LogP contribution in [0.2, 0.25) is 5.15 Å². The van der Waals surface area contributed by atoms with Crippen LogP contribution in [-0.2, 0) is 0 Å². The largest absolute Gasteiger partial charge is 0.375 e. The number of hydrogen-bond donors (Lipinski definition) is 1. The van der Waals surface area contributed by atoms with Crippen LogP contribution in [0, 0.1) is 10.1 Å². The summed E-state index contributed by atoms with van der Waals surface area (Å²) in [5.74, 6) is 0. The molecular weight excluding hydrogens is 218 g/mol. The van der Waals surface area contributed by atoms with Gasteiger partial charge in [-0.25, -0.2) is 4.98 Å². The zero-order chi connectivity index (χ0) is 11.6. The zero-order valence-electron chi connectivity index (χ0n) is 8.74. The van der Waals surface area contributed by atoms with Crippen molar-refractivity contribution in [3.8, 4) is 0 Å². The lowest BCUT2D eigenvalue weighted by atomic mass is 10.1. The van der Waals surface area contributed by atoms with Gasteiger partial charge in [0.2, 0.25) is 0 Å². The third-order valence-corrected chi connectivity index (χ3v) is 1.76. The fraction of sp³-hybridized carbons (Fsp3) is 0.444. The van der Waals surface area contributed by atoms with Crippen LogP contribution in [0.5, 0.6) is 0 Å². The van der Waals surface area contributed by atoms with Crippen molar-refractivity contribution in [2.24, 2.45) is 0 Å². The van der Waals surface area contributed by atoms with Gasteiger partial charge >= 0.3 is 5.69 Å². The maximum absolute atomic E-state index is 10.7. The van der Waals surface area contributed by atoms with Gasteiger partial charge in [-0.1, -0.05) is 11.6 Å². The van der Waals surface area contributed by atoms with Gasteiger partial charge < -0.3 is 5.32 Å². The predicted molar refractivity (Wildman–Crippen MR) is 59.3 cm³/mol. The van der Waals surface area contributed by atoms with Crippen molar-refractivity contribution in [3.05, 3.63) is 27.5 Å². The molecule has 0 bridgehead atoms. The molecule has 0 radical (unpaired) electrons. The number of nitro groups is 1. The van der Waals surface area contributed by atoms with Gasteiger partial charge in [-0.3, -0.25) is 10.1 Å². The normalized spacial score (nSPS) is 11.2. The third-order valence-electron chi connectivity index (χ3n) is 1.56. The third kappa shape index (κ3) is 3.36. The van der Waals surface area contributed by atoms with E-state index in [0.717, 1.165) is 6.20 Å². The Hall–Kier alpha value is -1.36. The van der Waals surface area contributed by atoms with E-state index in [0.29, 0.717) is 5.69 Å². The number of pyridine rings is 1. The van der Waals surface area contributed by atoms with Gasteiger partial charge in [0.1, 0.15) is 17.0 Å². The quantitative estimate of drug-likeness (QED) is 0.481. The molecule has 0 aromatic carbocycles. The van der Waals surface area contributed by atoms with Crippen molar-refractivity contribution in [3.63, 3.8) is 0 Å². The van der Waals surface area contributed by atoms with Gasteiger partial charge in [0.05, 0.1) is 4.92 Å². The van der Waals surface area contributed by atoms with Crippen LogP contribution in [0.25, 0.3) is 0 Å². The van der Waals surface area contributed by atoms with E-state index in [1.807, 2.05) is 20.8 Å². The molecule has 1 aromatic heterocycles. The maximum atomic E-state index is 10.7. The van der Waals surface area contributed by atoms with Crippen molar-refractivity contribution >= 4 is 23.0 Å². The molecule has 0 saturated carbocycles. The van der Waals surface area contributed by atoms with E-state index < -0.39 is 4.92 Å². The van der Waals surface area contributed by atoms with Crippen LogP contribution < -0.4 is 5.32 Å². The van der Waals surface area contributed by atoms with Crippen LogP contribution in [0.1, 0.15) is 20.8 Å². The average Bonchev–Trinajstić information content (AvgIpc) is 1.99. The van der Waals surface area contributed by atoms with Gasteiger partial charge in [-0.15, -0.1) is 0 Å². The zero-order valence-corrected chi connectivity index (χ0v) is 9.50. The Balaban J connectivity index is 3.13. The molecule has 1 N–H and O–H groups in total. The van der Waals surface area contributed by atoms with E-state index in [1.54, 1.807) is 0 Å². The molecule has 1 rings (SSSR count). The molecular formula is C9H12ClN3O2. The highest BCUT2D eigenvalue weighted by Crippen LogP contribution is 2.28. The molecule has 0 saturated heterocycles. The summed E-state index contributed by atoms with van der Waals surface area (Å²) in [6, 6.07) is 1.45. The number of aromatic nitrogens is 1. The average molecular weight is 230 g/mol. The second kappa shape index (κ2) is 4.02. The summed E-state index contributed by atoms with van der Waals surface area (Å²) in [6.07, 6.45) is 1.15. The van der Waals surface area contributed by atoms with Gasteiger partial charge in [-0.2, -0.15) is 0 Å². The first-order valence-corrected chi connectivity index (χ1v) is 4.75. The van der Waals surface area contributed by atoms with Crippen molar-refractivity contribution in [2.45, 2.75) is 26.3 Å². The van der Waals surface area contributed by atoms with Crippen LogP contribution in [0.15, 0.2) is 12.3 Å². The summed E-state index contributed by atoms with van der Waals surface area (Å²) in [7, 11) is 0. The fourth-order valence-corrected chi connectivity index (χ4v) is 1.23. The summed E-state index contributed by atoms with van der Waals surface area (Å²) < 4.78 is 0.